The van der Waals surface area contributed by atoms with Crippen molar-refractivity contribution in [2.75, 3.05) is 0 Å². The molecule has 0 saturated heterocycles. The van der Waals surface area contributed by atoms with E-state index in [0.717, 1.165) is 15.7 Å². The van der Waals surface area contributed by atoms with Crippen molar-refractivity contribution in [2.24, 2.45) is 18.7 Å². The lowest BCUT2D eigenvalue weighted by molar-refractivity contribution is 0.455. The smallest absolute Gasteiger partial charge is 0.103 e. The first-order valence-electron chi connectivity index (χ1n) is 4.50. The summed E-state index contributed by atoms with van der Waals surface area (Å²) in [7, 11) is 1.94. The molecule has 3 nitrogen and oxygen atoms in total. The molecule has 0 radical (unpaired) electrons. The van der Waals surface area contributed by atoms with E-state index in [0.29, 0.717) is 5.92 Å². The van der Waals surface area contributed by atoms with E-state index in [4.69, 9.17) is 5.73 Å². The minimum Gasteiger partial charge on any atom is -0.324 e. The molecule has 1 aromatic rings. The summed E-state index contributed by atoms with van der Waals surface area (Å²) in [6.07, 6.45) is 2.98. The zero-order valence-electron chi connectivity index (χ0n) is 8.29. The van der Waals surface area contributed by atoms with E-state index in [1.807, 2.05) is 17.9 Å². The second-order valence-corrected chi connectivity index (χ2v) is 4.45. The molecule has 0 saturated carbocycles. The summed E-state index contributed by atoms with van der Waals surface area (Å²) in [5.74, 6) is 0.512. The van der Waals surface area contributed by atoms with E-state index >= 15 is 0 Å². The topological polar surface area (TPSA) is 43.8 Å². The Morgan fingerprint density at radius 1 is 1.69 bits per heavy atom. The fraction of sp³-hybridized carbons (Fsp3) is 0.667. The van der Waals surface area contributed by atoms with Crippen LogP contribution >= 0.6 is 22.6 Å². The molecule has 0 aliphatic heterocycles. The molecule has 0 spiro atoms. The molecular weight excluding hydrogens is 277 g/mol. The van der Waals surface area contributed by atoms with E-state index in [2.05, 4.69) is 41.5 Å². The summed E-state index contributed by atoms with van der Waals surface area (Å²) < 4.78 is 3.00. The number of nitrogens with two attached hydrogens (primary N) is 1. The summed E-state index contributed by atoms with van der Waals surface area (Å²) in [6.45, 7) is 4.33. The highest BCUT2D eigenvalue weighted by Crippen LogP contribution is 2.25. The lowest BCUT2D eigenvalue weighted by Gasteiger charge is -2.17. The Morgan fingerprint density at radius 2 is 2.31 bits per heavy atom. The van der Waals surface area contributed by atoms with Crippen molar-refractivity contribution in [3.63, 3.8) is 0 Å². The summed E-state index contributed by atoms with van der Waals surface area (Å²) >= 11 is 2.29. The average molecular weight is 293 g/mol. The van der Waals surface area contributed by atoms with Crippen LogP contribution in [-0.2, 0) is 7.05 Å². The van der Waals surface area contributed by atoms with Crippen LogP contribution in [0.2, 0.25) is 0 Å². The second-order valence-electron chi connectivity index (χ2n) is 3.43. The van der Waals surface area contributed by atoms with Gasteiger partial charge < -0.3 is 5.73 Å². The summed E-state index contributed by atoms with van der Waals surface area (Å²) in [5.41, 5.74) is 7.27. The number of aromatic nitrogens is 2. The van der Waals surface area contributed by atoms with Crippen LogP contribution in [0.1, 0.15) is 31.9 Å². The molecule has 1 aromatic heterocycles. The highest BCUT2D eigenvalue weighted by Gasteiger charge is 2.18. The van der Waals surface area contributed by atoms with Gasteiger partial charge in [0.05, 0.1) is 6.20 Å². The monoisotopic (exact) mass is 293 g/mol. The first-order valence-corrected chi connectivity index (χ1v) is 5.58. The molecule has 1 rings (SSSR count). The fourth-order valence-electron chi connectivity index (χ4n) is 1.22. The third-order valence-electron chi connectivity index (χ3n) is 2.51. The van der Waals surface area contributed by atoms with Crippen molar-refractivity contribution in [3.8, 4) is 0 Å². The third kappa shape index (κ3) is 2.22. The molecular formula is C9H16IN3. The lowest BCUT2D eigenvalue weighted by atomic mass is 9.96. The van der Waals surface area contributed by atoms with Gasteiger partial charge in [-0.2, -0.15) is 5.10 Å². The minimum absolute atomic E-state index is 0.116. The second kappa shape index (κ2) is 4.41. The molecule has 0 aliphatic rings. The number of nitrogens with zero attached hydrogens (tertiary/aromatic N) is 2. The molecule has 74 valence electrons. The Bertz CT molecular complexity index is 282. The van der Waals surface area contributed by atoms with Gasteiger partial charge in [0.25, 0.3) is 0 Å². The predicted octanol–water partition coefficient (Wildman–Crippen LogP) is 2.07. The molecule has 2 unspecified atom stereocenters. The van der Waals surface area contributed by atoms with Crippen LogP contribution in [0.15, 0.2) is 6.20 Å². The molecule has 13 heavy (non-hydrogen) atoms. The fourth-order valence-corrected chi connectivity index (χ4v) is 1.85. The molecule has 0 aliphatic carbocycles. The Hall–Kier alpha value is -0.100. The van der Waals surface area contributed by atoms with E-state index in [1.165, 1.54) is 0 Å². The maximum atomic E-state index is 6.11. The van der Waals surface area contributed by atoms with Gasteiger partial charge in [-0.1, -0.05) is 20.3 Å². The Morgan fingerprint density at radius 3 is 2.69 bits per heavy atom. The minimum atomic E-state index is 0.116. The van der Waals surface area contributed by atoms with Gasteiger partial charge in [0.15, 0.2) is 0 Å². The first kappa shape index (κ1) is 11.0. The van der Waals surface area contributed by atoms with Crippen LogP contribution in [0.25, 0.3) is 0 Å². The summed E-state index contributed by atoms with van der Waals surface area (Å²) in [5, 5.41) is 4.18. The largest absolute Gasteiger partial charge is 0.324 e. The van der Waals surface area contributed by atoms with Crippen molar-refractivity contribution in [1.29, 1.82) is 0 Å². The predicted molar refractivity (Wildman–Crippen MR) is 62.3 cm³/mol. The van der Waals surface area contributed by atoms with Crippen LogP contribution in [0.5, 0.6) is 0 Å². The van der Waals surface area contributed by atoms with Crippen molar-refractivity contribution in [1.82, 2.24) is 9.78 Å². The maximum absolute atomic E-state index is 6.11. The molecule has 0 fully saturated rings. The van der Waals surface area contributed by atoms with Gasteiger partial charge in [-0.05, 0) is 28.5 Å². The number of rotatable bonds is 3. The highest BCUT2D eigenvalue weighted by molar-refractivity contribution is 14.1. The van der Waals surface area contributed by atoms with Crippen LogP contribution in [0.4, 0.5) is 0 Å². The zero-order valence-corrected chi connectivity index (χ0v) is 10.4. The maximum Gasteiger partial charge on any atom is 0.103 e. The van der Waals surface area contributed by atoms with Crippen molar-refractivity contribution in [2.45, 2.75) is 26.3 Å². The normalized spacial score (nSPS) is 15.8. The Kier molecular flexibility index (Phi) is 3.73. The highest BCUT2D eigenvalue weighted by atomic mass is 127. The van der Waals surface area contributed by atoms with E-state index in [9.17, 15) is 0 Å². The van der Waals surface area contributed by atoms with E-state index < -0.39 is 0 Å². The number of hydrogen-bond donors (Lipinski definition) is 1. The summed E-state index contributed by atoms with van der Waals surface area (Å²) in [6, 6.07) is 0.116. The van der Waals surface area contributed by atoms with E-state index in [1.54, 1.807) is 0 Å². The molecule has 0 bridgehead atoms. The Balaban J connectivity index is 2.88. The standard InChI is InChI=1S/C9H16IN3/c1-4-6(2)8(11)7-5-12-13(3)9(7)10/h5-6,8H,4,11H2,1-3H3. The van der Waals surface area contributed by atoms with Gasteiger partial charge >= 0.3 is 0 Å². The summed E-state index contributed by atoms with van der Waals surface area (Å²) in [4.78, 5) is 0. The molecule has 0 amide bonds. The molecule has 0 aromatic carbocycles. The Labute approximate surface area is 92.8 Å². The van der Waals surface area contributed by atoms with Crippen molar-refractivity contribution < 1.29 is 0 Å². The number of aryl methyl sites for hydroxylation is 1. The molecule has 1 heterocycles. The van der Waals surface area contributed by atoms with Gasteiger partial charge in [-0.25, -0.2) is 0 Å². The SMILES string of the molecule is CCC(C)C(N)c1cnn(C)c1I. The van der Waals surface area contributed by atoms with Gasteiger partial charge in [0.1, 0.15) is 3.70 Å². The van der Waals surface area contributed by atoms with Gasteiger partial charge in [-0.15, -0.1) is 0 Å². The number of halogens is 1. The quantitative estimate of drug-likeness (QED) is 0.867. The van der Waals surface area contributed by atoms with Crippen LogP contribution < -0.4 is 5.73 Å². The molecule has 4 heteroatoms. The van der Waals surface area contributed by atoms with Crippen molar-refractivity contribution in [3.05, 3.63) is 15.5 Å². The van der Waals surface area contributed by atoms with Crippen LogP contribution in [0, 0.1) is 9.62 Å². The van der Waals surface area contributed by atoms with Crippen molar-refractivity contribution >= 4 is 22.6 Å². The van der Waals surface area contributed by atoms with Crippen LogP contribution in [0.3, 0.4) is 0 Å². The van der Waals surface area contributed by atoms with Gasteiger partial charge in [-0.3, -0.25) is 4.68 Å². The number of hydrogen-bond acceptors (Lipinski definition) is 2. The lowest BCUT2D eigenvalue weighted by Crippen LogP contribution is -2.19. The van der Waals surface area contributed by atoms with Gasteiger partial charge in [0, 0.05) is 18.7 Å². The molecule has 2 N–H and O–H groups in total. The third-order valence-corrected chi connectivity index (χ3v) is 3.83. The zero-order chi connectivity index (χ0) is 10.0. The van der Waals surface area contributed by atoms with E-state index in [-0.39, 0.29) is 6.04 Å². The first-order chi connectivity index (χ1) is 6.07. The molecule has 2 atom stereocenters. The van der Waals surface area contributed by atoms with Crippen LogP contribution in [-0.4, -0.2) is 9.78 Å². The average Bonchev–Trinajstić information content (AvgIpc) is 2.45. The van der Waals surface area contributed by atoms with Gasteiger partial charge in [0.2, 0.25) is 0 Å².